The van der Waals surface area contributed by atoms with Gasteiger partial charge in [-0.25, -0.2) is 0 Å². The fourth-order valence-electron chi connectivity index (χ4n) is 4.80. The third-order valence-corrected chi connectivity index (χ3v) is 6.43. The van der Waals surface area contributed by atoms with E-state index in [0.29, 0.717) is 11.5 Å². The van der Waals surface area contributed by atoms with E-state index in [4.69, 9.17) is 4.74 Å². The van der Waals surface area contributed by atoms with Crippen LogP contribution in [0.3, 0.4) is 0 Å². The van der Waals surface area contributed by atoms with Crippen molar-refractivity contribution in [1.82, 2.24) is 14.8 Å². The second kappa shape index (κ2) is 6.88. The Balaban J connectivity index is 1.17. The van der Waals surface area contributed by atoms with Crippen LogP contribution in [0.2, 0.25) is 0 Å². The monoisotopic (exact) mass is 365 g/mol. The van der Waals surface area contributed by atoms with Crippen molar-refractivity contribution in [2.45, 2.75) is 31.3 Å². The van der Waals surface area contributed by atoms with Crippen molar-refractivity contribution < 1.29 is 9.53 Å². The summed E-state index contributed by atoms with van der Waals surface area (Å²) >= 11 is 0. The molecule has 142 valence electrons. The maximum Gasteiger partial charge on any atom is 0.255 e. The standard InChI is InChI=1S/C22H27N3O2/c26-21(19-11-18-5-1-2-6-20(18)23-12-19)25-15-22(16-25)8-7-17(14-27-22)13-24-9-3-4-10-24/h1-2,5-6,11-12,17H,3-4,7-10,13-16H2/t17-/m1/s1. The number of nitrogens with zero attached hydrogens (tertiary/aromatic N) is 3. The molecule has 0 aliphatic carbocycles. The van der Waals surface area contributed by atoms with Gasteiger partial charge in [-0.1, -0.05) is 18.2 Å². The van der Waals surface area contributed by atoms with Crippen LogP contribution in [0.5, 0.6) is 0 Å². The minimum absolute atomic E-state index is 0.0710. The molecule has 3 fully saturated rings. The third kappa shape index (κ3) is 3.34. The van der Waals surface area contributed by atoms with Crippen LogP contribution < -0.4 is 0 Å². The Morgan fingerprint density at radius 1 is 1.22 bits per heavy atom. The van der Waals surface area contributed by atoms with Gasteiger partial charge in [0.1, 0.15) is 5.60 Å². The predicted molar refractivity (Wildman–Crippen MR) is 105 cm³/mol. The van der Waals surface area contributed by atoms with Crippen molar-refractivity contribution in [1.29, 1.82) is 0 Å². The molecule has 3 aliphatic heterocycles. The number of para-hydroxylation sites is 1. The van der Waals surface area contributed by atoms with Crippen LogP contribution in [0, 0.1) is 5.92 Å². The summed E-state index contributed by atoms with van der Waals surface area (Å²) in [6.45, 7) is 5.97. The topological polar surface area (TPSA) is 45.7 Å². The second-order valence-corrected chi connectivity index (χ2v) is 8.48. The molecule has 2 aromatic rings. The van der Waals surface area contributed by atoms with Gasteiger partial charge >= 0.3 is 0 Å². The van der Waals surface area contributed by atoms with Gasteiger partial charge in [-0.2, -0.15) is 0 Å². The molecule has 3 saturated heterocycles. The summed E-state index contributed by atoms with van der Waals surface area (Å²) in [4.78, 5) is 21.7. The van der Waals surface area contributed by atoms with Gasteiger partial charge in [0.25, 0.3) is 5.91 Å². The molecule has 0 bridgehead atoms. The molecule has 5 rings (SSSR count). The lowest BCUT2D eigenvalue weighted by molar-refractivity contribution is -0.168. The number of aromatic nitrogens is 1. The summed E-state index contributed by atoms with van der Waals surface area (Å²) in [5.74, 6) is 0.727. The normalized spacial score (nSPS) is 25.0. The van der Waals surface area contributed by atoms with Crippen LogP contribution >= 0.6 is 0 Å². The van der Waals surface area contributed by atoms with E-state index in [1.54, 1.807) is 6.20 Å². The highest BCUT2D eigenvalue weighted by Gasteiger charge is 2.48. The van der Waals surface area contributed by atoms with Gasteiger partial charge in [0.2, 0.25) is 0 Å². The van der Waals surface area contributed by atoms with E-state index >= 15 is 0 Å². The molecule has 0 saturated carbocycles. The molecule has 4 heterocycles. The lowest BCUT2D eigenvalue weighted by atomic mass is 9.82. The van der Waals surface area contributed by atoms with Crippen molar-refractivity contribution >= 4 is 16.8 Å². The molecule has 1 spiro atoms. The Morgan fingerprint density at radius 2 is 2.04 bits per heavy atom. The molecule has 1 aromatic heterocycles. The number of amides is 1. The van der Waals surface area contributed by atoms with E-state index in [1.807, 2.05) is 35.2 Å². The molecule has 1 aromatic carbocycles. The van der Waals surface area contributed by atoms with Crippen LogP contribution in [0.25, 0.3) is 10.9 Å². The Bertz CT molecular complexity index is 830. The first-order valence-corrected chi connectivity index (χ1v) is 10.2. The maximum atomic E-state index is 12.8. The molecule has 27 heavy (non-hydrogen) atoms. The molecule has 1 atom stereocenters. The summed E-state index contributed by atoms with van der Waals surface area (Å²) in [6, 6.07) is 9.86. The van der Waals surface area contributed by atoms with E-state index in [2.05, 4.69) is 9.88 Å². The number of hydrogen-bond donors (Lipinski definition) is 0. The smallest absolute Gasteiger partial charge is 0.255 e. The first-order chi connectivity index (χ1) is 13.2. The van der Waals surface area contributed by atoms with Crippen molar-refractivity contribution in [2.24, 2.45) is 5.92 Å². The molecule has 1 amide bonds. The predicted octanol–water partition coefficient (Wildman–Crippen LogP) is 2.95. The van der Waals surface area contributed by atoms with E-state index in [0.717, 1.165) is 37.0 Å². The number of pyridine rings is 1. The number of hydrogen-bond acceptors (Lipinski definition) is 4. The molecule has 5 nitrogen and oxygen atoms in total. The quantitative estimate of drug-likeness (QED) is 0.839. The first kappa shape index (κ1) is 17.1. The summed E-state index contributed by atoms with van der Waals surface area (Å²) in [7, 11) is 0. The van der Waals surface area contributed by atoms with Crippen molar-refractivity contribution in [3.8, 4) is 0 Å². The SMILES string of the molecule is O=C(c1cnc2ccccc2c1)N1CC2(CC[C@H](CN3CCCC3)CO2)C1. The van der Waals surface area contributed by atoms with Crippen molar-refractivity contribution in [2.75, 3.05) is 39.3 Å². The molecule has 3 aliphatic rings. The number of fused-ring (bicyclic) bond motifs is 1. The number of rotatable bonds is 3. The lowest BCUT2D eigenvalue weighted by Gasteiger charge is -2.53. The van der Waals surface area contributed by atoms with Gasteiger partial charge in [0, 0.05) is 18.1 Å². The number of carbonyl (C=O) groups excluding carboxylic acids is 1. The fourth-order valence-corrected chi connectivity index (χ4v) is 4.80. The van der Waals surface area contributed by atoms with Crippen molar-refractivity contribution in [3.05, 3.63) is 42.1 Å². The van der Waals surface area contributed by atoms with Crippen LogP contribution in [0.4, 0.5) is 0 Å². The summed E-state index contributed by atoms with van der Waals surface area (Å²) in [6.07, 6.45) is 6.68. The van der Waals surface area contributed by atoms with E-state index in [-0.39, 0.29) is 11.5 Å². The molecule has 0 radical (unpaired) electrons. The van der Waals surface area contributed by atoms with E-state index in [9.17, 15) is 4.79 Å². The molecular formula is C22H27N3O2. The Kier molecular flexibility index (Phi) is 4.37. The molecule has 0 unspecified atom stereocenters. The van der Waals surface area contributed by atoms with E-state index in [1.165, 1.54) is 38.9 Å². The van der Waals surface area contributed by atoms with Gasteiger partial charge in [-0.3, -0.25) is 9.78 Å². The zero-order valence-electron chi connectivity index (χ0n) is 15.8. The highest BCUT2D eigenvalue weighted by molar-refractivity contribution is 5.97. The van der Waals surface area contributed by atoms with Crippen LogP contribution in [0.15, 0.2) is 36.5 Å². The van der Waals surface area contributed by atoms with Crippen LogP contribution in [0.1, 0.15) is 36.0 Å². The van der Waals surface area contributed by atoms with Crippen molar-refractivity contribution in [3.63, 3.8) is 0 Å². The average Bonchev–Trinajstić information content (AvgIpc) is 3.19. The van der Waals surface area contributed by atoms with Gasteiger partial charge in [0.15, 0.2) is 0 Å². The lowest BCUT2D eigenvalue weighted by Crippen LogP contribution is -2.66. The fraction of sp³-hybridized carbons (Fsp3) is 0.545. The zero-order valence-corrected chi connectivity index (χ0v) is 15.8. The summed E-state index contributed by atoms with van der Waals surface area (Å²) in [5, 5.41) is 1.01. The van der Waals surface area contributed by atoms with E-state index < -0.39 is 0 Å². The van der Waals surface area contributed by atoms with Crippen LogP contribution in [-0.4, -0.2) is 65.6 Å². The highest BCUT2D eigenvalue weighted by Crippen LogP contribution is 2.37. The third-order valence-electron chi connectivity index (χ3n) is 6.43. The first-order valence-electron chi connectivity index (χ1n) is 10.2. The number of benzene rings is 1. The van der Waals surface area contributed by atoms with Gasteiger partial charge < -0.3 is 14.5 Å². The minimum atomic E-state index is -0.0958. The zero-order chi connectivity index (χ0) is 18.3. The Hall–Kier alpha value is -1.98. The van der Waals surface area contributed by atoms with Gasteiger partial charge in [-0.05, 0) is 56.8 Å². The summed E-state index contributed by atoms with van der Waals surface area (Å²) in [5.41, 5.74) is 1.50. The Morgan fingerprint density at radius 3 is 2.81 bits per heavy atom. The largest absolute Gasteiger partial charge is 0.371 e. The molecule has 0 N–H and O–H groups in total. The molecular weight excluding hydrogens is 338 g/mol. The minimum Gasteiger partial charge on any atom is -0.371 e. The Labute approximate surface area is 160 Å². The average molecular weight is 365 g/mol. The van der Waals surface area contributed by atoms with Gasteiger partial charge in [0.05, 0.1) is 30.8 Å². The number of carbonyl (C=O) groups is 1. The summed E-state index contributed by atoms with van der Waals surface area (Å²) < 4.78 is 6.27. The highest BCUT2D eigenvalue weighted by atomic mass is 16.5. The number of ether oxygens (including phenoxy) is 1. The maximum absolute atomic E-state index is 12.8. The van der Waals surface area contributed by atoms with Gasteiger partial charge in [-0.15, -0.1) is 0 Å². The number of likely N-dealkylation sites (tertiary alicyclic amines) is 2. The molecule has 5 heteroatoms. The second-order valence-electron chi connectivity index (χ2n) is 8.48. The van der Waals surface area contributed by atoms with Crippen LogP contribution in [-0.2, 0) is 4.74 Å².